The summed E-state index contributed by atoms with van der Waals surface area (Å²) < 4.78 is 38.4. The molecule has 1 aromatic carbocycles. The van der Waals surface area contributed by atoms with Crippen LogP contribution in [0.2, 0.25) is 0 Å². The molecule has 2 N–H and O–H groups in total. The normalized spacial score (nSPS) is 12.4. The molecule has 0 unspecified atom stereocenters. The maximum absolute atomic E-state index is 13.0. The van der Waals surface area contributed by atoms with E-state index in [1.54, 1.807) is 0 Å². The Morgan fingerprint density at radius 2 is 2.00 bits per heavy atom. The fourth-order valence-electron chi connectivity index (χ4n) is 1.47. The van der Waals surface area contributed by atoms with Crippen molar-refractivity contribution in [2.75, 3.05) is 19.3 Å². The second-order valence-corrected chi connectivity index (χ2v) is 6.41. The van der Waals surface area contributed by atoms with E-state index in [1.807, 2.05) is 13.8 Å². The van der Waals surface area contributed by atoms with Crippen LogP contribution in [0.5, 0.6) is 0 Å². The third kappa shape index (κ3) is 3.17. The van der Waals surface area contributed by atoms with Crippen molar-refractivity contribution in [2.24, 2.45) is 5.92 Å². The summed E-state index contributed by atoms with van der Waals surface area (Å²) in [6.07, 6.45) is 0. The highest BCUT2D eigenvalue weighted by Gasteiger charge is 2.22. The van der Waals surface area contributed by atoms with E-state index >= 15 is 0 Å². The Morgan fingerprint density at radius 1 is 1.41 bits per heavy atom. The lowest BCUT2D eigenvalue weighted by Gasteiger charge is -2.19. The molecule has 0 fully saturated rings. The highest BCUT2D eigenvalue weighted by molar-refractivity contribution is 7.89. The van der Waals surface area contributed by atoms with Gasteiger partial charge in [0.1, 0.15) is 5.82 Å². The Hall–Kier alpha value is -1.14. The van der Waals surface area contributed by atoms with Gasteiger partial charge in [0.25, 0.3) is 0 Å². The van der Waals surface area contributed by atoms with Gasteiger partial charge in [-0.1, -0.05) is 13.8 Å². The molecule has 4 nitrogen and oxygen atoms in total. The predicted octanol–water partition coefficient (Wildman–Crippen LogP) is 1.68. The van der Waals surface area contributed by atoms with Gasteiger partial charge in [-0.2, -0.15) is 0 Å². The number of rotatable bonds is 4. The van der Waals surface area contributed by atoms with E-state index in [0.29, 0.717) is 6.54 Å². The number of benzene rings is 1. The van der Waals surface area contributed by atoms with Crippen LogP contribution in [0.15, 0.2) is 23.1 Å². The second kappa shape index (κ2) is 5.01. The van der Waals surface area contributed by atoms with Crippen molar-refractivity contribution < 1.29 is 12.8 Å². The van der Waals surface area contributed by atoms with Crippen molar-refractivity contribution in [3.63, 3.8) is 0 Å². The lowest BCUT2D eigenvalue weighted by Crippen LogP contribution is -2.30. The van der Waals surface area contributed by atoms with Gasteiger partial charge in [-0.15, -0.1) is 0 Å². The minimum absolute atomic E-state index is 0.0135. The summed E-state index contributed by atoms with van der Waals surface area (Å²) in [7, 11) is -2.09. The van der Waals surface area contributed by atoms with Crippen LogP contribution in [0, 0.1) is 11.7 Å². The molecule has 0 radical (unpaired) electrons. The molecule has 0 spiro atoms. The first kappa shape index (κ1) is 13.9. The summed E-state index contributed by atoms with van der Waals surface area (Å²) >= 11 is 0. The number of nitrogen functional groups attached to an aromatic ring is 1. The molecule has 1 aromatic rings. The number of hydrogen-bond donors (Lipinski definition) is 1. The van der Waals surface area contributed by atoms with Crippen molar-refractivity contribution in [3.05, 3.63) is 24.0 Å². The summed E-state index contributed by atoms with van der Waals surface area (Å²) in [5.41, 5.74) is 5.20. The van der Waals surface area contributed by atoms with Crippen LogP contribution in [-0.2, 0) is 10.0 Å². The zero-order chi connectivity index (χ0) is 13.2. The first-order valence-corrected chi connectivity index (χ1v) is 6.70. The summed E-state index contributed by atoms with van der Waals surface area (Å²) in [5, 5.41) is 0. The van der Waals surface area contributed by atoms with Crippen molar-refractivity contribution in [3.8, 4) is 0 Å². The highest BCUT2D eigenvalue weighted by Crippen LogP contribution is 2.20. The van der Waals surface area contributed by atoms with E-state index in [0.717, 1.165) is 12.1 Å². The lowest BCUT2D eigenvalue weighted by molar-refractivity contribution is 0.417. The number of sulfonamides is 1. The van der Waals surface area contributed by atoms with Crippen molar-refractivity contribution in [2.45, 2.75) is 18.7 Å². The molecule has 0 aliphatic carbocycles. The van der Waals surface area contributed by atoms with Crippen molar-refractivity contribution in [1.82, 2.24) is 4.31 Å². The number of hydrogen-bond acceptors (Lipinski definition) is 3. The van der Waals surface area contributed by atoms with Crippen molar-refractivity contribution >= 4 is 15.7 Å². The minimum atomic E-state index is -3.59. The topological polar surface area (TPSA) is 63.4 Å². The smallest absolute Gasteiger partial charge is 0.242 e. The fourth-order valence-corrected chi connectivity index (χ4v) is 2.84. The van der Waals surface area contributed by atoms with Crippen LogP contribution >= 0.6 is 0 Å². The molecule has 96 valence electrons. The molecule has 0 amide bonds. The van der Waals surface area contributed by atoms with Crippen LogP contribution in [0.25, 0.3) is 0 Å². The average molecular weight is 260 g/mol. The maximum Gasteiger partial charge on any atom is 0.242 e. The average Bonchev–Trinajstić information content (AvgIpc) is 2.20. The summed E-state index contributed by atoms with van der Waals surface area (Å²) in [4.78, 5) is 0.0135. The number of nitrogens with zero attached hydrogens (tertiary/aromatic N) is 1. The molecule has 0 heterocycles. The molecular weight excluding hydrogens is 243 g/mol. The van der Waals surface area contributed by atoms with Gasteiger partial charge >= 0.3 is 0 Å². The van der Waals surface area contributed by atoms with Gasteiger partial charge in [0.05, 0.1) is 10.6 Å². The highest BCUT2D eigenvalue weighted by atomic mass is 32.2. The second-order valence-electron chi connectivity index (χ2n) is 4.36. The molecule has 0 aliphatic rings. The lowest BCUT2D eigenvalue weighted by atomic mass is 10.2. The molecule has 17 heavy (non-hydrogen) atoms. The molecule has 6 heteroatoms. The summed E-state index contributed by atoms with van der Waals surface area (Å²) in [6, 6.07) is 3.42. The Labute approximate surface area is 101 Å². The van der Waals surface area contributed by atoms with Gasteiger partial charge in [0, 0.05) is 13.6 Å². The molecule has 1 rings (SSSR count). The molecule has 0 saturated carbocycles. The van der Waals surface area contributed by atoms with Crippen LogP contribution in [0.1, 0.15) is 13.8 Å². The Bertz CT molecular complexity index is 500. The van der Waals surface area contributed by atoms with E-state index in [-0.39, 0.29) is 16.5 Å². The van der Waals surface area contributed by atoms with Gasteiger partial charge in [-0.25, -0.2) is 17.1 Å². The molecule has 0 aromatic heterocycles. The SMILES string of the molecule is CC(C)CN(C)S(=O)(=O)c1ccc(F)c(N)c1. The number of halogens is 1. The largest absolute Gasteiger partial charge is 0.396 e. The van der Waals surface area contributed by atoms with Gasteiger partial charge in [0.2, 0.25) is 10.0 Å². The quantitative estimate of drug-likeness (QED) is 0.838. The Kier molecular flexibility index (Phi) is 4.11. The zero-order valence-corrected chi connectivity index (χ0v) is 11.0. The third-order valence-corrected chi connectivity index (χ3v) is 4.12. The first-order valence-electron chi connectivity index (χ1n) is 5.26. The van der Waals surface area contributed by atoms with Crippen LogP contribution in [0.4, 0.5) is 10.1 Å². The Balaban J connectivity index is 3.09. The van der Waals surface area contributed by atoms with E-state index in [2.05, 4.69) is 0 Å². The van der Waals surface area contributed by atoms with Gasteiger partial charge in [-0.3, -0.25) is 0 Å². The molecule has 0 atom stereocenters. The summed E-state index contributed by atoms with van der Waals surface area (Å²) in [5.74, 6) is -0.400. The van der Waals surface area contributed by atoms with Gasteiger partial charge in [-0.05, 0) is 24.1 Å². The van der Waals surface area contributed by atoms with Crippen LogP contribution in [0.3, 0.4) is 0 Å². The van der Waals surface area contributed by atoms with Crippen LogP contribution in [-0.4, -0.2) is 26.3 Å². The first-order chi connectivity index (χ1) is 7.75. The van der Waals surface area contributed by atoms with Crippen molar-refractivity contribution in [1.29, 1.82) is 0 Å². The fraction of sp³-hybridized carbons (Fsp3) is 0.455. The summed E-state index contributed by atoms with van der Waals surface area (Å²) in [6.45, 7) is 4.25. The zero-order valence-electron chi connectivity index (χ0n) is 10.1. The van der Waals surface area contributed by atoms with Gasteiger partial charge in [0.15, 0.2) is 0 Å². The van der Waals surface area contributed by atoms with Gasteiger partial charge < -0.3 is 5.73 Å². The minimum Gasteiger partial charge on any atom is -0.396 e. The molecule has 0 aliphatic heterocycles. The van der Waals surface area contributed by atoms with E-state index < -0.39 is 15.8 Å². The molecule has 0 bridgehead atoms. The molecule has 0 saturated heterocycles. The number of nitrogens with two attached hydrogens (primary N) is 1. The molecular formula is C11H17FN2O2S. The predicted molar refractivity (Wildman–Crippen MR) is 65.5 cm³/mol. The monoisotopic (exact) mass is 260 g/mol. The maximum atomic E-state index is 13.0. The van der Waals surface area contributed by atoms with E-state index in [9.17, 15) is 12.8 Å². The van der Waals surface area contributed by atoms with Crippen LogP contribution < -0.4 is 5.73 Å². The number of anilines is 1. The third-order valence-electron chi connectivity index (χ3n) is 2.30. The Morgan fingerprint density at radius 3 is 2.47 bits per heavy atom. The van der Waals surface area contributed by atoms with E-state index in [4.69, 9.17) is 5.73 Å². The van der Waals surface area contributed by atoms with E-state index in [1.165, 1.54) is 17.4 Å². The standard InChI is InChI=1S/C11H17FN2O2S/c1-8(2)7-14(3)17(15,16)9-4-5-10(12)11(13)6-9/h4-6,8H,7,13H2,1-3H3.